The van der Waals surface area contributed by atoms with Crippen molar-refractivity contribution in [2.75, 3.05) is 7.05 Å². The summed E-state index contributed by atoms with van der Waals surface area (Å²) in [5.74, 6) is 0. The number of hydrogen-bond acceptors (Lipinski definition) is 1. The van der Waals surface area contributed by atoms with Gasteiger partial charge in [0, 0.05) is 17.9 Å². The molecule has 0 saturated carbocycles. The van der Waals surface area contributed by atoms with Crippen LogP contribution in [0.25, 0.3) is 0 Å². The Morgan fingerprint density at radius 1 is 1.36 bits per heavy atom. The second-order valence-corrected chi connectivity index (χ2v) is 2.79. The molecule has 2 N–H and O–H groups in total. The molecule has 1 rings (SSSR count). The van der Waals surface area contributed by atoms with E-state index in [2.05, 4.69) is 29.4 Å². The fourth-order valence-electron chi connectivity index (χ4n) is 1.20. The lowest BCUT2D eigenvalue weighted by atomic mass is 10.3. The Bertz CT molecular complexity index is 183. The minimum atomic E-state index is 0.934. The first-order valence-corrected chi connectivity index (χ1v) is 4.18. The van der Waals surface area contributed by atoms with Crippen molar-refractivity contribution in [3.05, 3.63) is 23.5 Å². The Morgan fingerprint density at radius 3 is 2.73 bits per heavy atom. The molecule has 11 heavy (non-hydrogen) atoms. The molecule has 0 aromatic carbocycles. The average Bonchev–Trinajstić information content (AvgIpc) is 2.38. The van der Waals surface area contributed by atoms with Crippen LogP contribution in [-0.2, 0) is 13.0 Å². The van der Waals surface area contributed by atoms with Crippen LogP contribution in [0.5, 0.6) is 0 Å². The van der Waals surface area contributed by atoms with Gasteiger partial charge in [-0.15, -0.1) is 0 Å². The van der Waals surface area contributed by atoms with Crippen LogP contribution in [0.1, 0.15) is 24.7 Å². The van der Waals surface area contributed by atoms with E-state index < -0.39 is 0 Å². The summed E-state index contributed by atoms with van der Waals surface area (Å²) in [6.45, 7) is 3.13. The normalized spacial score (nSPS) is 10.4. The van der Waals surface area contributed by atoms with E-state index in [0.29, 0.717) is 0 Å². The van der Waals surface area contributed by atoms with Gasteiger partial charge in [0.15, 0.2) is 0 Å². The Balaban J connectivity index is 2.51. The molecule has 0 unspecified atom stereocenters. The van der Waals surface area contributed by atoms with E-state index in [0.717, 1.165) is 13.0 Å². The second-order valence-electron chi connectivity index (χ2n) is 2.79. The van der Waals surface area contributed by atoms with Gasteiger partial charge in [0.2, 0.25) is 0 Å². The van der Waals surface area contributed by atoms with E-state index in [1.54, 1.807) is 0 Å². The van der Waals surface area contributed by atoms with Crippen molar-refractivity contribution in [3.63, 3.8) is 0 Å². The molecule has 0 bridgehead atoms. The Hall–Kier alpha value is -0.760. The van der Waals surface area contributed by atoms with Gasteiger partial charge < -0.3 is 10.3 Å². The Morgan fingerprint density at radius 2 is 2.09 bits per heavy atom. The highest BCUT2D eigenvalue weighted by Crippen LogP contribution is 2.03. The van der Waals surface area contributed by atoms with Crippen molar-refractivity contribution in [1.82, 2.24) is 10.3 Å². The third-order valence-corrected chi connectivity index (χ3v) is 1.69. The first kappa shape index (κ1) is 8.34. The smallest absolute Gasteiger partial charge is 0.0354 e. The van der Waals surface area contributed by atoms with Gasteiger partial charge >= 0.3 is 0 Å². The molecule has 0 radical (unpaired) electrons. The zero-order valence-corrected chi connectivity index (χ0v) is 7.28. The minimum absolute atomic E-state index is 0.934. The summed E-state index contributed by atoms with van der Waals surface area (Å²) in [5, 5.41) is 3.11. The molecule has 2 nitrogen and oxygen atoms in total. The van der Waals surface area contributed by atoms with Crippen molar-refractivity contribution >= 4 is 0 Å². The van der Waals surface area contributed by atoms with Crippen molar-refractivity contribution in [1.29, 1.82) is 0 Å². The predicted molar refractivity (Wildman–Crippen MR) is 47.6 cm³/mol. The highest BCUT2D eigenvalue weighted by Gasteiger charge is 1.95. The largest absolute Gasteiger partial charge is 0.361 e. The summed E-state index contributed by atoms with van der Waals surface area (Å²) >= 11 is 0. The van der Waals surface area contributed by atoms with Gasteiger partial charge in [-0.2, -0.15) is 0 Å². The lowest BCUT2D eigenvalue weighted by molar-refractivity contribution is 0.787. The summed E-state index contributed by atoms with van der Waals surface area (Å²) < 4.78 is 0. The summed E-state index contributed by atoms with van der Waals surface area (Å²) in [4.78, 5) is 3.35. The van der Waals surface area contributed by atoms with Gasteiger partial charge in [-0.3, -0.25) is 0 Å². The number of aromatic nitrogens is 1. The number of aryl methyl sites for hydroxylation is 1. The summed E-state index contributed by atoms with van der Waals surface area (Å²) in [6, 6.07) is 4.30. The fourth-order valence-corrected chi connectivity index (χ4v) is 1.20. The fraction of sp³-hybridized carbons (Fsp3) is 0.556. The highest BCUT2D eigenvalue weighted by atomic mass is 14.9. The molecule has 1 heterocycles. The van der Waals surface area contributed by atoms with E-state index in [4.69, 9.17) is 0 Å². The number of rotatable bonds is 4. The third-order valence-electron chi connectivity index (χ3n) is 1.69. The van der Waals surface area contributed by atoms with Crippen LogP contribution in [0.4, 0.5) is 0 Å². The molecule has 0 aliphatic carbocycles. The number of aromatic amines is 1. The van der Waals surface area contributed by atoms with Crippen molar-refractivity contribution in [2.24, 2.45) is 0 Å². The second kappa shape index (κ2) is 4.19. The van der Waals surface area contributed by atoms with Crippen molar-refractivity contribution in [3.8, 4) is 0 Å². The molecule has 0 spiro atoms. The molecule has 0 fully saturated rings. The Kier molecular flexibility index (Phi) is 3.17. The average molecular weight is 152 g/mol. The van der Waals surface area contributed by atoms with E-state index in [9.17, 15) is 0 Å². The molecule has 62 valence electrons. The summed E-state index contributed by atoms with van der Waals surface area (Å²) in [5.41, 5.74) is 2.62. The molecule has 0 aliphatic rings. The van der Waals surface area contributed by atoms with Gasteiger partial charge in [-0.05, 0) is 25.6 Å². The molecular formula is C9H16N2. The van der Waals surface area contributed by atoms with E-state index >= 15 is 0 Å². The van der Waals surface area contributed by atoms with Crippen LogP contribution >= 0.6 is 0 Å². The number of H-pyrrole nitrogens is 1. The third kappa shape index (κ3) is 2.39. The maximum atomic E-state index is 3.35. The SMILES string of the molecule is CCCc1ccc(CNC)[nH]1. The van der Waals surface area contributed by atoms with E-state index in [1.807, 2.05) is 7.05 Å². The first-order valence-electron chi connectivity index (χ1n) is 4.18. The van der Waals surface area contributed by atoms with Gasteiger partial charge in [0.25, 0.3) is 0 Å². The zero-order chi connectivity index (χ0) is 8.10. The van der Waals surface area contributed by atoms with Crippen LogP contribution in [0, 0.1) is 0 Å². The van der Waals surface area contributed by atoms with Crippen LogP contribution in [0.2, 0.25) is 0 Å². The molecular weight excluding hydrogens is 136 g/mol. The molecule has 0 aliphatic heterocycles. The number of nitrogens with one attached hydrogen (secondary N) is 2. The summed E-state index contributed by atoms with van der Waals surface area (Å²) in [6.07, 6.45) is 2.36. The highest BCUT2D eigenvalue weighted by molar-refractivity contribution is 5.12. The maximum Gasteiger partial charge on any atom is 0.0354 e. The van der Waals surface area contributed by atoms with E-state index in [-0.39, 0.29) is 0 Å². The minimum Gasteiger partial charge on any atom is -0.361 e. The predicted octanol–water partition coefficient (Wildman–Crippen LogP) is 1.69. The number of hydrogen-bond donors (Lipinski definition) is 2. The van der Waals surface area contributed by atoms with Crippen molar-refractivity contribution < 1.29 is 0 Å². The standard InChI is InChI=1S/C9H16N2/c1-3-4-8-5-6-9(11-8)7-10-2/h5-6,10-11H,3-4,7H2,1-2H3. The maximum absolute atomic E-state index is 3.35. The van der Waals surface area contributed by atoms with E-state index in [1.165, 1.54) is 17.8 Å². The quantitative estimate of drug-likeness (QED) is 0.675. The molecule has 0 atom stereocenters. The lowest BCUT2D eigenvalue weighted by Gasteiger charge is -1.94. The van der Waals surface area contributed by atoms with Crippen LogP contribution in [0.15, 0.2) is 12.1 Å². The molecule has 0 amide bonds. The molecule has 1 aromatic heterocycles. The van der Waals surface area contributed by atoms with Gasteiger partial charge in [0.05, 0.1) is 0 Å². The Labute approximate surface area is 68.0 Å². The monoisotopic (exact) mass is 152 g/mol. The van der Waals surface area contributed by atoms with Gasteiger partial charge in [0.1, 0.15) is 0 Å². The van der Waals surface area contributed by atoms with Crippen LogP contribution in [-0.4, -0.2) is 12.0 Å². The van der Waals surface area contributed by atoms with Gasteiger partial charge in [-0.1, -0.05) is 13.3 Å². The first-order chi connectivity index (χ1) is 5.36. The molecule has 0 saturated heterocycles. The van der Waals surface area contributed by atoms with Gasteiger partial charge in [-0.25, -0.2) is 0 Å². The lowest BCUT2D eigenvalue weighted by Crippen LogP contribution is -2.05. The topological polar surface area (TPSA) is 27.8 Å². The van der Waals surface area contributed by atoms with Crippen LogP contribution < -0.4 is 5.32 Å². The van der Waals surface area contributed by atoms with Crippen LogP contribution in [0.3, 0.4) is 0 Å². The van der Waals surface area contributed by atoms with Crippen molar-refractivity contribution in [2.45, 2.75) is 26.3 Å². The zero-order valence-electron chi connectivity index (χ0n) is 7.28. The summed E-state index contributed by atoms with van der Waals surface area (Å²) in [7, 11) is 1.96. The molecule has 2 heteroatoms. The molecule has 1 aromatic rings.